The highest BCUT2D eigenvalue weighted by Gasteiger charge is 2.14. The molecule has 0 spiro atoms. The minimum Gasteiger partial charge on any atom is -0.496 e. The Kier molecular flexibility index (Phi) is 5.81. The fourth-order valence-electron chi connectivity index (χ4n) is 2.65. The van der Waals surface area contributed by atoms with Gasteiger partial charge in [0.15, 0.2) is 15.0 Å². The first-order valence-electron chi connectivity index (χ1n) is 8.58. The van der Waals surface area contributed by atoms with E-state index in [1.54, 1.807) is 14.0 Å². The molecule has 6 nitrogen and oxygen atoms in total. The molecule has 0 bridgehead atoms. The maximum atomic E-state index is 12.4. The highest BCUT2D eigenvalue weighted by Crippen LogP contribution is 2.29. The van der Waals surface area contributed by atoms with Crippen LogP contribution in [0.4, 0.5) is 5.13 Å². The van der Waals surface area contributed by atoms with Crippen LogP contribution in [0.1, 0.15) is 22.8 Å². The zero-order chi connectivity index (χ0) is 20.3. The normalized spacial score (nSPS) is 11.2. The molecule has 1 amide bonds. The van der Waals surface area contributed by atoms with Gasteiger partial charge >= 0.3 is 0 Å². The number of anilines is 1. The number of thiazole rings is 1. The summed E-state index contributed by atoms with van der Waals surface area (Å²) in [6.07, 6.45) is 0. The Labute approximate surface area is 168 Å². The van der Waals surface area contributed by atoms with Crippen molar-refractivity contribution in [1.29, 1.82) is 0 Å². The number of rotatable bonds is 6. The fraction of sp³-hybridized carbons (Fsp3) is 0.200. The number of hydrogen-bond acceptors (Lipinski definition) is 6. The Bertz CT molecular complexity index is 1100. The fourth-order valence-corrected chi connectivity index (χ4v) is 4.25. The summed E-state index contributed by atoms with van der Waals surface area (Å²) in [5.74, 6) is 0.485. The zero-order valence-corrected chi connectivity index (χ0v) is 17.4. The summed E-state index contributed by atoms with van der Waals surface area (Å²) in [7, 11) is -1.66. The Morgan fingerprint density at radius 1 is 1.18 bits per heavy atom. The van der Waals surface area contributed by atoms with E-state index in [9.17, 15) is 13.2 Å². The predicted octanol–water partition coefficient (Wildman–Crippen LogP) is 4.17. The molecule has 0 aliphatic heterocycles. The van der Waals surface area contributed by atoms with E-state index >= 15 is 0 Å². The number of ether oxygens (including phenoxy) is 1. The average molecular weight is 417 g/mol. The summed E-state index contributed by atoms with van der Waals surface area (Å²) < 4.78 is 29.0. The largest absolute Gasteiger partial charge is 0.496 e. The Morgan fingerprint density at radius 2 is 1.89 bits per heavy atom. The monoisotopic (exact) mass is 416 g/mol. The van der Waals surface area contributed by atoms with Crippen LogP contribution < -0.4 is 10.1 Å². The van der Waals surface area contributed by atoms with E-state index in [1.165, 1.54) is 35.6 Å². The van der Waals surface area contributed by atoms with Gasteiger partial charge in [-0.1, -0.05) is 6.92 Å². The van der Waals surface area contributed by atoms with Gasteiger partial charge in [0, 0.05) is 16.5 Å². The van der Waals surface area contributed by atoms with Crippen LogP contribution in [0, 0.1) is 6.92 Å². The lowest BCUT2D eigenvalue weighted by Gasteiger charge is -2.06. The number of aromatic nitrogens is 1. The van der Waals surface area contributed by atoms with E-state index in [0.29, 0.717) is 10.7 Å². The molecule has 3 aromatic rings. The van der Waals surface area contributed by atoms with E-state index in [1.807, 2.05) is 30.5 Å². The standard InChI is InChI=1S/C20H20N2O4S2/c1-4-28(24,25)16-8-5-14(6-9-16)19(23)22-20-21-17(12-27-20)15-7-10-18(26-3)13(2)11-15/h5-12H,4H2,1-3H3,(H,21,22,23). The predicted molar refractivity (Wildman–Crippen MR) is 111 cm³/mol. The smallest absolute Gasteiger partial charge is 0.257 e. The lowest BCUT2D eigenvalue weighted by molar-refractivity contribution is 0.102. The summed E-state index contributed by atoms with van der Waals surface area (Å²) >= 11 is 1.32. The van der Waals surface area contributed by atoms with Crippen molar-refractivity contribution in [3.63, 3.8) is 0 Å². The zero-order valence-electron chi connectivity index (χ0n) is 15.7. The number of sulfone groups is 1. The molecule has 0 atom stereocenters. The molecule has 2 aromatic carbocycles. The van der Waals surface area contributed by atoms with Gasteiger partial charge in [0.2, 0.25) is 0 Å². The number of hydrogen-bond donors (Lipinski definition) is 1. The van der Waals surface area contributed by atoms with Crippen molar-refractivity contribution in [3.05, 3.63) is 59.0 Å². The number of benzene rings is 2. The lowest BCUT2D eigenvalue weighted by Crippen LogP contribution is -2.12. The van der Waals surface area contributed by atoms with Gasteiger partial charge in [-0.2, -0.15) is 0 Å². The quantitative estimate of drug-likeness (QED) is 0.652. The van der Waals surface area contributed by atoms with Crippen LogP contribution in [0.2, 0.25) is 0 Å². The van der Waals surface area contributed by atoms with Gasteiger partial charge in [-0.3, -0.25) is 10.1 Å². The number of carbonyl (C=O) groups excluding carboxylic acids is 1. The van der Waals surface area contributed by atoms with Crippen molar-refractivity contribution in [3.8, 4) is 17.0 Å². The Balaban J connectivity index is 1.74. The van der Waals surface area contributed by atoms with Crippen LogP contribution in [0.15, 0.2) is 52.7 Å². The third-order valence-corrected chi connectivity index (χ3v) is 6.78. The first kappa shape index (κ1) is 20.0. The van der Waals surface area contributed by atoms with E-state index in [0.717, 1.165) is 22.6 Å². The van der Waals surface area contributed by atoms with Crippen LogP contribution in [-0.4, -0.2) is 32.2 Å². The topological polar surface area (TPSA) is 85.4 Å². The van der Waals surface area contributed by atoms with Crippen molar-refractivity contribution < 1.29 is 17.9 Å². The molecule has 8 heteroatoms. The van der Waals surface area contributed by atoms with E-state index in [2.05, 4.69) is 10.3 Å². The molecule has 0 saturated carbocycles. The summed E-state index contributed by atoms with van der Waals surface area (Å²) in [5.41, 5.74) is 3.06. The minimum absolute atomic E-state index is 0.0191. The molecule has 146 valence electrons. The van der Waals surface area contributed by atoms with Crippen LogP contribution >= 0.6 is 11.3 Å². The number of methoxy groups -OCH3 is 1. The molecule has 0 saturated heterocycles. The van der Waals surface area contributed by atoms with E-state index in [-0.39, 0.29) is 16.6 Å². The Hall–Kier alpha value is -2.71. The van der Waals surface area contributed by atoms with Gasteiger partial charge in [0.05, 0.1) is 23.5 Å². The molecule has 0 unspecified atom stereocenters. The van der Waals surface area contributed by atoms with Crippen molar-refractivity contribution in [2.45, 2.75) is 18.7 Å². The Morgan fingerprint density at radius 3 is 2.50 bits per heavy atom. The second kappa shape index (κ2) is 8.12. The van der Waals surface area contributed by atoms with Crippen LogP contribution in [0.3, 0.4) is 0 Å². The summed E-state index contributed by atoms with van der Waals surface area (Å²) in [4.78, 5) is 17.1. The molecule has 0 radical (unpaired) electrons. The molecule has 28 heavy (non-hydrogen) atoms. The van der Waals surface area contributed by atoms with Gasteiger partial charge in [0.25, 0.3) is 5.91 Å². The summed E-state index contributed by atoms with van der Waals surface area (Å²) in [6, 6.07) is 11.7. The molecule has 1 N–H and O–H groups in total. The SMILES string of the molecule is CCS(=O)(=O)c1ccc(C(=O)Nc2nc(-c3ccc(OC)c(C)c3)cs2)cc1. The maximum Gasteiger partial charge on any atom is 0.257 e. The van der Waals surface area contributed by atoms with Gasteiger partial charge in [-0.25, -0.2) is 13.4 Å². The molecule has 0 aliphatic rings. The van der Waals surface area contributed by atoms with Crippen LogP contribution in [-0.2, 0) is 9.84 Å². The molecule has 3 rings (SSSR count). The van der Waals surface area contributed by atoms with Crippen molar-refractivity contribution in [1.82, 2.24) is 4.98 Å². The molecule has 1 aromatic heterocycles. The number of aryl methyl sites for hydroxylation is 1. The third-order valence-electron chi connectivity index (χ3n) is 4.27. The van der Waals surface area contributed by atoms with Crippen molar-refractivity contribution in [2.24, 2.45) is 0 Å². The third kappa shape index (κ3) is 4.23. The maximum absolute atomic E-state index is 12.4. The van der Waals surface area contributed by atoms with E-state index < -0.39 is 9.84 Å². The molecular weight excluding hydrogens is 396 g/mol. The first-order valence-corrected chi connectivity index (χ1v) is 11.1. The number of nitrogens with one attached hydrogen (secondary N) is 1. The number of amides is 1. The average Bonchev–Trinajstić information content (AvgIpc) is 3.16. The van der Waals surface area contributed by atoms with E-state index in [4.69, 9.17) is 4.74 Å². The molecule has 0 aliphatic carbocycles. The first-order chi connectivity index (χ1) is 13.3. The highest BCUT2D eigenvalue weighted by atomic mass is 32.2. The highest BCUT2D eigenvalue weighted by molar-refractivity contribution is 7.91. The van der Waals surface area contributed by atoms with Crippen molar-refractivity contribution in [2.75, 3.05) is 18.2 Å². The van der Waals surface area contributed by atoms with Crippen LogP contribution in [0.25, 0.3) is 11.3 Å². The van der Waals surface area contributed by atoms with Gasteiger partial charge < -0.3 is 4.74 Å². The number of nitrogens with zero attached hydrogens (tertiary/aromatic N) is 1. The molecular formula is C20H20N2O4S2. The minimum atomic E-state index is -3.29. The van der Waals surface area contributed by atoms with Gasteiger partial charge in [-0.15, -0.1) is 11.3 Å². The second-order valence-corrected chi connectivity index (χ2v) is 9.24. The number of carbonyl (C=O) groups is 1. The van der Waals surface area contributed by atoms with Gasteiger partial charge in [-0.05, 0) is 55.0 Å². The molecule has 1 heterocycles. The summed E-state index contributed by atoms with van der Waals surface area (Å²) in [5, 5.41) is 5.09. The lowest BCUT2D eigenvalue weighted by atomic mass is 10.1. The van der Waals surface area contributed by atoms with Gasteiger partial charge in [0.1, 0.15) is 5.75 Å². The molecule has 0 fully saturated rings. The summed E-state index contributed by atoms with van der Waals surface area (Å²) in [6.45, 7) is 3.54. The van der Waals surface area contributed by atoms with Crippen molar-refractivity contribution >= 4 is 32.2 Å². The van der Waals surface area contributed by atoms with Crippen LogP contribution in [0.5, 0.6) is 5.75 Å². The second-order valence-electron chi connectivity index (χ2n) is 6.10.